The number of unbranched alkanes of at least 4 members (excludes halogenated alkanes) is 2. The van der Waals surface area contributed by atoms with E-state index >= 15 is 0 Å². The van der Waals surface area contributed by atoms with Crippen molar-refractivity contribution in [1.29, 1.82) is 0 Å². The molecule has 3 rings (SSSR count). The lowest BCUT2D eigenvalue weighted by Gasteiger charge is -2.39. The molecule has 3 aliphatic rings. The van der Waals surface area contributed by atoms with Crippen LogP contribution in [0.15, 0.2) is 28.8 Å². The molecular formula is C23H34N4O3. The third-order valence-corrected chi connectivity index (χ3v) is 6.36. The maximum absolute atomic E-state index is 12.7. The fourth-order valence-corrected chi connectivity index (χ4v) is 4.52. The summed E-state index contributed by atoms with van der Waals surface area (Å²) < 4.78 is 0. The highest BCUT2D eigenvalue weighted by atomic mass is 16.2. The summed E-state index contributed by atoms with van der Waals surface area (Å²) in [6.07, 6.45) is 11.4. The maximum atomic E-state index is 12.7. The number of nitrogens with one attached hydrogen (secondary N) is 1. The van der Waals surface area contributed by atoms with Gasteiger partial charge in [0.25, 0.3) is 5.91 Å². The molecule has 7 heteroatoms. The van der Waals surface area contributed by atoms with E-state index in [0.717, 1.165) is 25.8 Å². The van der Waals surface area contributed by atoms with E-state index in [0.29, 0.717) is 36.5 Å². The zero-order valence-corrected chi connectivity index (χ0v) is 18.4. The van der Waals surface area contributed by atoms with Crippen LogP contribution >= 0.6 is 0 Å². The van der Waals surface area contributed by atoms with Crippen LogP contribution in [0.4, 0.5) is 4.79 Å². The van der Waals surface area contributed by atoms with Crippen molar-refractivity contribution in [3.8, 4) is 0 Å². The summed E-state index contributed by atoms with van der Waals surface area (Å²) in [5.41, 5.74) is 0.799. The summed E-state index contributed by atoms with van der Waals surface area (Å²) in [6.45, 7) is 8.34. The highest BCUT2D eigenvalue weighted by molar-refractivity contribution is 6.23. The Morgan fingerprint density at radius 2 is 1.90 bits per heavy atom. The van der Waals surface area contributed by atoms with Crippen molar-refractivity contribution in [1.82, 2.24) is 15.1 Å². The number of aliphatic imine (C=N–C) groups is 1. The number of urea groups is 1. The first-order valence-corrected chi connectivity index (χ1v) is 11.3. The third kappa shape index (κ3) is 5.06. The normalized spacial score (nSPS) is 26.9. The van der Waals surface area contributed by atoms with E-state index in [1.165, 1.54) is 24.2 Å². The van der Waals surface area contributed by atoms with E-state index in [4.69, 9.17) is 0 Å². The minimum absolute atomic E-state index is 0.199. The van der Waals surface area contributed by atoms with E-state index in [1.807, 2.05) is 0 Å². The molecule has 0 aromatic rings. The Hall–Kier alpha value is -2.28. The second-order valence-corrected chi connectivity index (χ2v) is 8.58. The molecule has 0 radical (unpaired) electrons. The second-order valence-electron chi connectivity index (χ2n) is 8.58. The van der Waals surface area contributed by atoms with Crippen molar-refractivity contribution in [2.75, 3.05) is 19.6 Å². The second kappa shape index (κ2) is 10.2. The molecule has 1 aliphatic carbocycles. The molecular weight excluding hydrogens is 380 g/mol. The number of carbonyl (C=O) groups is 3. The molecule has 2 aliphatic heterocycles. The Kier molecular flexibility index (Phi) is 7.58. The predicted octanol–water partition coefficient (Wildman–Crippen LogP) is 3.07. The molecule has 3 atom stereocenters. The van der Waals surface area contributed by atoms with Crippen LogP contribution in [0.1, 0.15) is 59.3 Å². The summed E-state index contributed by atoms with van der Waals surface area (Å²) in [4.78, 5) is 45.3. The van der Waals surface area contributed by atoms with Crippen LogP contribution in [-0.2, 0) is 9.59 Å². The van der Waals surface area contributed by atoms with Gasteiger partial charge in [-0.05, 0) is 39.2 Å². The third-order valence-electron chi connectivity index (χ3n) is 6.36. The molecule has 2 heterocycles. The van der Waals surface area contributed by atoms with Gasteiger partial charge in [0.1, 0.15) is 0 Å². The number of carbonyl (C=O) groups excluding carboxylic acids is 3. The number of amides is 4. The number of likely N-dealkylation sites (tertiary alicyclic amines) is 1. The van der Waals surface area contributed by atoms with Gasteiger partial charge in [-0.3, -0.25) is 19.4 Å². The van der Waals surface area contributed by atoms with Crippen LogP contribution in [0.3, 0.4) is 0 Å². The number of hydrogen-bond donors (Lipinski definition) is 1. The summed E-state index contributed by atoms with van der Waals surface area (Å²) in [5, 5.41) is 2.97. The van der Waals surface area contributed by atoms with Crippen LogP contribution in [0.2, 0.25) is 0 Å². The molecule has 0 saturated carbocycles. The number of piperidine rings is 1. The van der Waals surface area contributed by atoms with Crippen LogP contribution in [-0.4, -0.2) is 65.1 Å². The lowest BCUT2D eigenvalue weighted by atomic mass is 9.91. The Morgan fingerprint density at radius 3 is 2.60 bits per heavy atom. The smallest absolute Gasteiger partial charge is 0.350 e. The largest absolute Gasteiger partial charge is 0.351 e. The van der Waals surface area contributed by atoms with Crippen molar-refractivity contribution in [3.05, 3.63) is 23.8 Å². The number of fused-ring (bicyclic) bond motifs is 1. The van der Waals surface area contributed by atoms with Gasteiger partial charge in [0.05, 0.1) is 11.6 Å². The quantitative estimate of drug-likeness (QED) is 0.619. The summed E-state index contributed by atoms with van der Waals surface area (Å²) in [5.74, 6) is -1.02. The molecule has 0 aromatic heterocycles. The summed E-state index contributed by atoms with van der Waals surface area (Å²) in [6, 6.07) is 0.546. The Balaban J connectivity index is 1.57. The minimum atomic E-state index is -0.573. The fourth-order valence-electron chi connectivity index (χ4n) is 4.52. The Morgan fingerprint density at radius 1 is 1.17 bits per heavy atom. The van der Waals surface area contributed by atoms with Gasteiger partial charge in [0.2, 0.25) is 5.91 Å². The average molecular weight is 415 g/mol. The molecule has 1 N–H and O–H groups in total. The summed E-state index contributed by atoms with van der Waals surface area (Å²) >= 11 is 0. The lowest BCUT2D eigenvalue weighted by Crippen LogP contribution is -2.48. The van der Waals surface area contributed by atoms with Crippen molar-refractivity contribution in [3.63, 3.8) is 0 Å². The lowest BCUT2D eigenvalue weighted by molar-refractivity contribution is -0.129. The zero-order chi connectivity index (χ0) is 21.7. The van der Waals surface area contributed by atoms with Gasteiger partial charge in [0.15, 0.2) is 0 Å². The zero-order valence-electron chi connectivity index (χ0n) is 18.4. The average Bonchev–Trinajstić information content (AvgIpc) is 2.72. The first-order valence-electron chi connectivity index (χ1n) is 11.3. The minimum Gasteiger partial charge on any atom is -0.351 e. The molecule has 0 aromatic carbocycles. The van der Waals surface area contributed by atoms with E-state index in [2.05, 4.69) is 36.0 Å². The first kappa shape index (κ1) is 22.4. The van der Waals surface area contributed by atoms with Gasteiger partial charge in [0, 0.05) is 37.3 Å². The predicted molar refractivity (Wildman–Crippen MR) is 117 cm³/mol. The molecule has 7 nitrogen and oxygen atoms in total. The van der Waals surface area contributed by atoms with Gasteiger partial charge in [-0.1, -0.05) is 38.3 Å². The number of imide groups is 1. The molecule has 1 fully saturated rings. The number of hydrogen-bond acceptors (Lipinski definition) is 4. The van der Waals surface area contributed by atoms with Crippen molar-refractivity contribution >= 4 is 23.6 Å². The van der Waals surface area contributed by atoms with E-state index < -0.39 is 11.9 Å². The topological polar surface area (TPSA) is 82.1 Å². The standard InChI is InChI=1S/C23H34N4O3/c1-4-5-6-13-27-22(29)19-11-10-18(15-20(19)25-23(27)30)21(28)24-12-14-26-16(2)8-7-9-17(26)3/h10-11,15-17,19H,4-9,12-14H2,1-3H3,(H,24,28). The van der Waals surface area contributed by atoms with E-state index in [9.17, 15) is 14.4 Å². The van der Waals surface area contributed by atoms with Gasteiger partial charge in [-0.15, -0.1) is 0 Å². The van der Waals surface area contributed by atoms with Gasteiger partial charge < -0.3 is 5.32 Å². The maximum Gasteiger partial charge on any atom is 0.350 e. The van der Waals surface area contributed by atoms with Crippen LogP contribution in [0.25, 0.3) is 0 Å². The monoisotopic (exact) mass is 414 g/mol. The van der Waals surface area contributed by atoms with E-state index in [1.54, 1.807) is 18.2 Å². The van der Waals surface area contributed by atoms with Crippen LogP contribution in [0, 0.1) is 5.92 Å². The van der Waals surface area contributed by atoms with Gasteiger partial charge in [-0.25, -0.2) is 4.79 Å². The molecule has 3 unspecified atom stereocenters. The molecule has 0 spiro atoms. The van der Waals surface area contributed by atoms with Gasteiger partial charge in [-0.2, -0.15) is 4.99 Å². The molecule has 1 saturated heterocycles. The molecule has 164 valence electrons. The number of allylic oxidation sites excluding steroid dienone is 1. The number of rotatable bonds is 8. The van der Waals surface area contributed by atoms with Crippen LogP contribution < -0.4 is 5.32 Å². The Labute approximate surface area is 179 Å². The molecule has 30 heavy (non-hydrogen) atoms. The van der Waals surface area contributed by atoms with Crippen LogP contribution in [0.5, 0.6) is 0 Å². The molecule has 4 amide bonds. The van der Waals surface area contributed by atoms with Crippen molar-refractivity contribution in [2.45, 2.75) is 71.4 Å². The van der Waals surface area contributed by atoms with Gasteiger partial charge >= 0.3 is 6.03 Å². The molecule has 0 bridgehead atoms. The highest BCUT2D eigenvalue weighted by Gasteiger charge is 2.36. The SMILES string of the molecule is CCCCCN1C(=O)N=C2C=C(C(=O)NCCN3C(C)CCCC3C)C=CC2C1=O. The number of nitrogens with zero attached hydrogens (tertiary/aromatic N) is 3. The van der Waals surface area contributed by atoms with E-state index in [-0.39, 0.29) is 11.8 Å². The Bertz CT molecular complexity index is 760. The summed E-state index contributed by atoms with van der Waals surface area (Å²) in [7, 11) is 0. The first-order chi connectivity index (χ1) is 14.4. The van der Waals surface area contributed by atoms with Crippen molar-refractivity contribution in [2.24, 2.45) is 10.9 Å². The fraction of sp³-hybridized carbons (Fsp3) is 0.652. The van der Waals surface area contributed by atoms with Crippen molar-refractivity contribution < 1.29 is 14.4 Å². The highest BCUT2D eigenvalue weighted by Crippen LogP contribution is 2.23.